The van der Waals surface area contributed by atoms with Crippen LogP contribution in [0.25, 0.3) is 11.6 Å². The fourth-order valence-electron chi connectivity index (χ4n) is 1.86. The van der Waals surface area contributed by atoms with E-state index >= 15 is 0 Å². The molecular weight excluding hydrogens is 272 g/mol. The molecule has 0 saturated heterocycles. The maximum absolute atomic E-state index is 11.4. The zero-order valence-corrected chi connectivity index (χ0v) is 11.3. The first-order valence-electron chi connectivity index (χ1n) is 6.12. The van der Waals surface area contributed by atoms with Gasteiger partial charge in [0.1, 0.15) is 5.75 Å². The van der Waals surface area contributed by atoms with E-state index in [1.807, 2.05) is 0 Å². The Hall–Kier alpha value is -2.95. The highest BCUT2D eigenvalue weighted by molar-refractivity contribution is 6.20. The summed E-state index contributed by atoms with van der Waals surface area (Å²) in [5.74, 6) is -0.780. The average molecular weight is 286 g/mol. The van der Waals surface area contributed by atoms with Crippen molar-refractivity contribution in [2.45, 2.75) is 0 Å². The number of carboxylic acid groups (broad SMARTS) is 1. The Kier molecular flexibility index (Phi) is 4.13. The molecule has 0 aliphatic heterocycles. The van der Waals surface area contributed by atoms with Crippen molar-refractivity contribution in [2.24, 2.45) is 0 Å². The van der Waals surface area contributed by atoms with Gasteiger partial charge in [0, 0.05) is 0 Å². The number of ether oxygens (including phenoxy) is 1. The summed E-state index contributed by atoms with van der Waals surface area (Å²) in [7, 11) is 1.42. The van der Waals surface area contributed by atoms with Crippen LogP contribution in [0.4, 0.5) is 0 Å². The number of aliphatic carboxylic acids is 1. The number of benzene rings is 2. The third-order valence-corrected chi connectivity index (χ3v) is 2.92. The van der Waals surface area contributed by atoms with Crippen molar-refractivity contribution in [3.8, 4) is 17.2 Å². The molecule has 0 aliphatic rings. The van der Waals surface area contributed by atoms with Crippen LogP contribution >= 0.6 is 0 Å². The van der Waals surface area contributed by atoms with Crippen molar-refractivity contribution in [3.63, 3.8) is 0 Å². The molecule has 5 nitrogen and oxygen atoms in total. The molecular formula is C16H14O5. The number of methoxy groups -OCH3 is 1. The molecule has 0 atom stereocenters. The Labute approximate surface area is 121 Å². The van der Waals surface area contributed by atoms with Crippen LogP contribution in [0.5, 0.6) is 17.2 Å². The van der Waals surface area contributed by atoms with E-state index in [9.17, 15) is 20.1 Å². The van der Waals surface area contributed by atoms with Crippen molar-refractivity contribution in [1.29, 1.82) is 0 Å². The third-order valence-electron chi connectivity index (χ3n) is 2.92. The van der Waals surface area contributed by atoms with Gasteiger partial charge in [0.2, 0.25) is 0 Å². The second-order valence-corrected chi connectivity index (χ2v) is 4.34. The monoisotopic (exact) mass is 286 g/mol. The summed E-state index contributed by atoms with van der Waals surface area (Å²) in [4.78, 5) is 11.4. The summed E-state index contributed by atoms with van der Waals surface area (Å²) < 4.78 is 4.99. The molecule has 0 radical (unpaired) electrons. The number of hydrogen-bond donors (Lipinski definition) is 3. The molecule has 5 heteroatoms. The number of aromatic hydroxyl groups is 2. The van der Waals surface area contributed by atoms with E-state index in [1.165, 1.54) is 43.5 Å². The van der Waals surface area contributed by atoms with Crippen LogP contribution in [0.15, 0.2) is 42.5 Å². The normalized spacial score (nSPS) is 11.2. The third kappa shape index (κ3) is 3.33. The molecule has 0 saturated carbocycles. The van der Waals surface area contributed by atoms with Gasteiger partial charge in [0.05, 0.1) is 12.7 Å². The molecule has 0 heterocycles. The van der Waals surface area contributed by atoms with Crippen LogP contribution in [-0.4, -0.2) is 28.4 Å². The Balaban J connectivity index is 2.47. The molecule has 21 heavy (non-hydrogen) atoms. The minimum Gasteiger partial charge on any atom is -0.508 e. The Morgan fingerprint density at radius 2 is 1.76 bits per heavy atom. The summed E-state index contributed by atoms with van der Waals surface area (Å²) in [6.07, 6.45) is 1.47. The molecule has 2 rings (SSSR count). The van der Waals surface area contributed by atoms with Crippen molar-refractivity contribution >= 4 is 17.6 Å². The second-order valence-electron chi connectivity index (χ2n) is 4.34. The van der Waals surface area contributed by atoms with E-state index in [1.54, 1.807) is 12.1 Å². The van der Waals surface area contributed by atoms with Crippen LogP contribution < -0.4 is 4.74 Å². The number of carbonyl (C=O) groups is 1. The highest BCUT2D eigenvalue weighted by atomic mass is 16.5. The number of carboxylic acids is 1. The number of phenols is 2. The van der Waals surface area contributed by atoms with Crippen LogP contribution in [0.3, 0.4) is 0 Å². The standard InChI is InChI=1S/C16H14O5/c1-21-15-9-10(2-7-14(15)18)8-13(16(19)20)11-3-5-12(17)6-4-11/h2-9,17-18H,1H3,(H,19,20). The van der Waals surface area contributed by atoms with Crippen molar-refractivity contribution in [3.05, 3.63) is 53.6 Å². The Morgan fingerprint density at radius 3 is 2.33 bits per heavy atom. The minimum absolute atomic E-state index is 0.0174. The predicted octanol–water partition coefficient (Wildman–Crippen LogP) is 2.73. The van der Waals surface area contributed by atoms with Gasteiger partial charge in [0.15, 0.2) is 11.5 Å². The Bertz CT molecular complexity index is 686. The number of phenolic OH excluding ortho intramolecular Hbond substituents is 2. The molecule has 108 valence electrons. The van der Waals surface area contributed by atoms with Gasteiger partial charge in [0.25, 0.3) is 0 Å². The summed E-state index contributed by atoms with van der Waals surface area (Å²) >= 11 is 0. The van der Waals surface area contributed by atoms with E-state index in [-0.39, 0.29) is 22.8 Å². The van der Waals surface area contributed by atoms with Gasteiger partial charge in [-0.05, 0) is 41.5 Å². The number of hydrogen-bond acceptors (Lipinski definition) is 4. The second kappa shape index (κ2) is 6.00. The molecule has 0 amide bonds. The zero-order chi connectivity index (χ0) is 15.4. The first-order valence-corrected chi connectivity index (χ1v) is 6.12. The number of rotatable bonds is 4. The van der Waals surface area contributed by atoms with Gasteiger partial charge < -0.3 is 20.1 Å². The van der Waals surface area contributed by atoms with Gasteiger partial charge in [-0.2, -0.15) is 0 Å². The Morgan fingerprint density at radius 1 is 1.10 bits per heavy atom. The van der Waals surface area contributed by atoms with Crippen molar-refractivity contribution in [1.82, 2.24) is 0 Å². The van der Waals surface area contributed by atoms with E-state index in [0.717, 1.165) is 0 Å². The van der Waals surface area contributed by atoms with Gasteiger partial charge in [-0.3, -0.25) is 0 Å². The lowest BCUT2D eigenvalue weighted by Gasteiger charge is -2.06. The first kappa shape index (κ1) is 14.5. The van der Waals surface area contributed by atoms with Crippen molar-refractivity contribution < 1.29 is 24.9 Å². The molecule has 2 aromatic carbocycles. The topological polar surface area (TPSA) is 87.0 Å². The molecule has 3 N–H and O–H groups in total. The molecule has 0 spiro atoms. The lowest BCUT2D eigenvalue weighted by Crippen LogP contribution is -1.99. The molecule has 2 aromatic rings. The lowest BCUT2D eigenvalue weighted by molar-refractivity contribution is -0.130. The summed E-state index contributed by atoms with van der Waals surface area (Å²) in [5.41, 5.74) is 1.12. The van der Waals surface area contributed by atoms with Gasteiger partial charge >= 0.3 is 5.97 Å². The summed E-state index contributed by atoms with van der Waals surface area (Å²) in [6.45, 7) is 0. The smallest absolute Gasteiger partial charge is 0.336 e. The van der Waals surface area contributed by atoms with Crippen molar-refractivity contribution in [2.75, 3.05) is 7.11 Å². The van der Waals surface area contributed by atoms with Crippen LogP contribution in [0.2, 0.25) is 0 Å². The quantitative estimate of drug-likeness (QED) is 0.594. The fraction of sp³-hybridized carbons (Fsp3) is 0.0625. The van der Waals surface area contributed by atoms with E-state index in [0.29, 0.717) is 11.1 Å². The molecule has 0 fully saturated rings. The SMILES string of the molecule is COc1cc(C=C(C(=O)O)c2ccc(O)cc2)ccc1O. The molecule has 0 bridgehead atoms. The van der Waals surface area contributed by atoms with Gasteiger partial charge in [-0.25, -0.2) is 4.79 Å². The molecule has 0 aromatic heterocycles. The minimum atomic E-state index is -1.09. The fourth-order valence-corrected chi connectivity index (χ4v) is 1.86. The van der Waals surface area contributed by atoms with Gasteiger partial charge in [-0.15, -0.1) is 0 Å². The van der Waals surface area contributed by atoms with E-state index in [2.05, 4.69) is 0 Å². The predicted molar refractivity (Wildman–Crippen MR) is 78.3 cm³/mol. The largest absolute Gasteiger partial charge is 0.508 e. The van der Waals surface area contributed by atoms with Crippen LogP contribution in [-0.2, 0) is 4.79 Å². The highest BCUT2D eigenvalue weighted by Gasteiger charge is 2.11. The molecule has 0 aliphatic carbocycles. The average Bonchev–Trinajstić information content (AvgIpc) is 2.47. The summed E-state index contributed by atoms with van der Waals surface area (Å²) in [5, 5.41) is 28.1. The van der Waals surface area contributed by atoms with Crippen LogP contribution in [0.1, 0.15) is 11.1 Å². The zero-order valence-electron chi connectivity index (χ0n) is 11.3. The highest BCUT2D eigenvalue weighted by Crippen LogP contribution is 2.28. The maximum Gasteiger partial charge on any atom is 0.336 e. The molecule has 0 unspecified atom stereocenters. The lowest BCUT2D eigenvalue weighted by atomic mass is 10.0. The summed E-state index contributed by atoms with van der Waals surface area (Å²) in [6, 6.07) is 10.4. The van der Waals surface area contributed by atoms with Crippen LogP contribution in [0, 0.1) is 0 Å². The maximum atomic E-state index is 11.4. The first-order chi connectivity index (χ1) is 10.0. The van der Waals surface area contributed by atoms with E-state index in [4.69, 9.17) is 4.74 Å². The van der Waals surface area contributed by atoms with Gasteiger partial charge in [-0.1, -0.05) is 18.2 Å². The van der Waals surface area contributed by atoms with E-state index < -0.39 is 5.97 Å².